The number of hydrogen-bond acceptors (Lipinski definition) is 6. The third kappa shape index (κ3) is 8.20. The minimum Gasteiger partial charge on any atom is -0.347 e. The van der Waals surface area contributed by atoms with Gasteiger partial charge >= 0.3 is 0 Å². The Hall–Kier alpha value is -3.18. The first-order valence-electron chi connectivity index (χ1n) is 12.3. The largest absolute Gasteiger partial charge is 0.347 e. The zero-order valence-corrected chi connectivity index (χ0v) is 22.3. The van der Waals surface area contributed by atoms with E-state index in [4.69, 9.17) is 0 Å². The highest BCUT2D eigenvalue weighted by Gasteiger charge is 2.19. The molecule has 36 heavy (non-hydrogen) atoms. The molecule has 0 spiro atoms. The molecule has 0 aliphatic rings. The number of H-pyrrole nitrogens is 2. The maximum atomic E-state index is 13.2. The second-order valence-electron chi connectivity index (χ2n) is 9.36. The highest BCUT2D eigenvalue weighted by molar-refractivity contribution is 7.92. The molecule has 2 aromatic heterocycles. The van der Waals surface area contributed by atoms with E-state index in [9.17, 15) is 13.2 Å². The maximum Gasteiger partial charge on any atom is 0.254 e. The van der Waals surface area contributed by atoms with Crippen LogP contribution < -0.4 is 4.72 Å². The second kappa shape index (κ2) is 12.7. The molecule has 2 heterocycles. The lowest BCUT2D eigenvalue weighted by atomic mass is 10.2. The number of aromatic amines is 2. The Morgan fingerprint density at radius 1 is 0.917 bits per heavy atom. The number of benzene rings is 1. The van der Waals surface area contributed by atoms with Crippen LogP contribution in [0, 0.1) is 0 Å². The van der Waals surface area contributed by atoms with E-state index in [1.54, 1.807) is 54.0 Å². The Kier molecular flexibility index (Phi) is 9.65. The topological polar surface area (TPSA) is 127 Å². The van der Waals surface area contributed by atoms with Gasteiger partial charge in [-0.25, -0.2) is 18.4 Å². The van der Waals surface area contributed by atoms with Gasteiger partial charge in [-0.15, -0.1) is 0 Å². The second-order valence-corrected chi connectivity index (χ2v) is 11.2. The molecule has 196 valence electrons. The number of hydrogen-bond donors (Lipinski definition) is 3. The Morgan fingerprint density at radius 3 is 1.94 bits per heavy atom. The van der Waals surface area contributed by atoms with Crippen LogP contribution in [0.2, 0.25) is 0 Å². The van der Waals surface area contributed by atoms with Crippen molar-refractivity contribution >= 4 is 21.6 Å². The van der Waals surface area contributed by atoms with E-state index < -0.39 is 10.0 Å². The van der Waals surface area contributed by atoms with E-state index in [0.717, 1.165) is 13.0 Å². The van der Waals surface area contributed by atoms with Crippen LogP contribution in [0.25, 0.3) is 0 Å². The zero-order valence-electron chi connectivity index (χ0n) is 21.4. The van der Waals surface area contributed by atoms with Crippen molar-refractivity contribution in [3.63, 3.8) is 0 Å². The lowest BCUT2D eigenvalue weighted by Gasteiger charge is -2.30. The fourth-order valence-corrected chi connectivity index (χ4v) is 5.30. The molecule has 0 saturated heterocycles. The summed E-state index contributed by atoms with van der Waals surface area (Å²) in [6, 6.07) is 7.33. The number of nitrogens with one attached hydrogen (secondary N) is 3. The van der Waals surface area contributed by atoms with Crippen molar-refractivity contribution < 1.29 is 13.2 Å². The van der Waals surface area contributed by atoms with Crippen LogP contribution in [0.4, 0.5) is 5.69 Å². The van der Waals surface area contributed by atoms with Gasteiger partial charge in [-0.3, -0.25) is 14.4 Å². The van der Waals surface area contributed by atoms with Gasteiger partial charge in [0.05, 0.1) is 18.8 Å². The molecule has 0 aliphatic carbocycles. The van der Waals surface area contributed by atoms with E-state index in [0.29, 0.717) is 41.4 Å². The highest BCUT2D eigenvalue weighted by atomic mass is 32.2. The van der Waals surface area contributed by atoms with Gasteiger partial charge in [-0.1, -0.05) is 0 Å². The van der Waals surface area contributed by atoms with Gasteiger partial charge in [0.15, 0.2) is 0 Å². The summed E-state index contributed by atoms with van der Waals surface area (Å²) in [7, 11) is -3.48. The summed E-state index contributed by atoms with van der Waals surface area (Å²) in [4.78, 5) is 31.6. The van der Waals surface area contributed by atoms with Gasteiger partial charge in [-0.05, 0) is 71.3 Å². The molecule has 0 atom stereocenters. The van der Waals surface area contributed by atoms with Gasteiger partial charge in [0.2, 0.25) is 10.0 Å². The van der Waals surface area contributed by atoms with Crippen LogP contribution in [0.3, 0.4) is 0 Å². The SMILES string of the molecule is CC(C)N(CCCCS(=O)(=O)Nc1ccc(C(=O)N(Cc2ncc[nH]2)Cc2ncc[nH]2)cc1)C(C)C. The summed E-state index contributed by atoms with van der Waals surface area (Å²) >= 11 is 0. The molecule has 0 unspecified atom stereocenters. The molecule has 3 rings (SSSR count). The van der Waals surface area contributed by atoms with Crippen LogP contribution in [-0.2, 0) is 23.1 Å². The average molecular weight is 516 g/mol. The number of aromatic nitrogens is 4. The Balaban J connectivity index is 1.57. The average Bonchev–Trinajstić information content (AvgIpc) is 3.52. The lowest BCUT2D eigenvalue weighted by Crippen LogP contribution is -2.37. The van der Waals surface area contributed by atoms with Crippen molar-refractivity contribution in [2.45, 2.75) is 65.7 Å². The first-order valence-corrected chi connectivity index (χ1v) is 13.9. The molecular formula is C25H37N7O3S. The minimum atomic E-state index is -3.48. The Labute approximate surface area is 213 Å². The predicted octanol–water partition coefficient (Wildman–Crippen LogP) is 3.62. The van der Waals surface area contributed by atoms with E-state index in [2.05, 4.69) is 57.3 Å². The van der Waals surface area contributed by atoms with Crippen LogP contribution in [-0.4, -0.2) is 68.4 Å². The number of sulfonamides is 1. The van der Waals surface area contributed by atoms with Crippen molar-refractivity contribution in [1.29, 1.82) is 0 Å². The number of nitrogens with zero attached hydrogens (tertiary/aromatic N) is 4. The number of carbonyl (C=O) groups excluding carboxylic acids is 1. The molecule has 10 nitrogen and oxygen atoms in total. The maximum absolute atomic E-state index is 13.2. The van der Waals surface area contributed by atoms with E-state index >= 15 is 0 Å². The van der Waals surface area contributed by atoms with Crippen LogP contribution >= 0.6 is 0 Å². The van der Waals surface area contributed by atoms with Gasteiger partial charge < -0.3 is 14.9 Å². The number of carbonyl (C=O) groups is 1. The number of unbranched alkanes of at least 4 members (excludes halogenated alkanes) is 1. The Morgan fingerprint density at radius 2 is 1.47 bits per heavy atom. The van der Waals surface area contributed by atoms with Crippen LogP contribution in [0.5, 0.6) is 0 Å². The molecule has 0 radical (unpaired) electrons. The van der Waals surface area contributed by atoms with Crippen molar-refractivity contribution in [3.05, 3.63) is 66.3 Å². The first kappa shape index (κ1) is 27.4. The minimum absolute atomic E-state index is 0.0534. The smallest absolute Gasteiger partial charge is 0.254 e. The van der Waals surface area contributed by atoms with Crippen molar-refractivity contribution in [1.82, 2.24) is 29.7 Å². The van der Waals surface area contributed by atoms with Crippen molar-refractivity contribution in [3.8, 4) is 0 Å². The van der Waals surface area contributed by atoms with E-state index in [1.165, 1.54) is 0 Å². The summed E-state index contributed by atoms with van der Waals surface area (Å²) < 4.78 is 27.8. The number of imidazole rings is 2. The third-order valence-corrected chi connectivity index (χ3v) is 7.26. The lowest BCUT2D eigenvalue weighted by molar-refractivity contribution is 0.0721. The first-order chi connectivity index (χ1) is 17.1. The summed E-state index contributed by atoms with van der Waals surface area (Å²) in [5, 5.41) is 0. The molecule has 1 amide bonds. The highest BCUT2D eigenvalue weighted by Crippen LogP contribution is 2.16. The van der Waals surface area contributed by atoms with Gasteiger partial charge in [0, 0.05) is 48.1 Å². The van der Waals surface area contributed by atoms with Gasteiger partial charge in [0.25, 0.3) is 5.91 Å². The molecule has 11 heteroatoms. The summed E-state index contributed by atoms with van der Waals surface area (Å²) in [6.45, 7) is 10.0. The number of anilines is 1. The molecular weight excluding hydrogens is 478 g/mol. The molecule has 0 bridgehead atoms. The molecule has 3 aromatic rings. The summed E-state index contributed by atoms with van der Waals surface area (Å²) in [6.07, 6.45) is 8.07. The summed E-state index contributed by atoms with van der Waals surface area (Å²) in [5.74, 6) is 1.16. The fourth-order valence-electron chi connectivity index (χ4n) is 4.12. The monoisotopic (exact) mass is 515 g/mol. The van der Waals surface area contributed by atoms with Crippen LogP contribution in [0.1, 0.15) is 62.5 Å². The van der Waals surface area contributed by atoms with Gasteiger partial charge in [0.1, 0.15) is 11.6 Å². The van der Waals surface area contributed by atoms with Gasteiger partial charge in [-0.2, -0.15) is 0 Å². The molecule has 0 fully saturated rings. The van der Waals surface area contributed by atoms with Crippen molar-refractivity contribution in [2.75, 3.05) is 17.0 Å². The molecule has 0 saturated carbocycles. The molecule has 0 aliphatic heterocycles. The summed E-state index contributed by atoms with van der Waals surface area (Å²) in [5.41, 5.74) is 0.875. The zero-order chi connectivity index (χ0) is 26.1. The molecule has 1 aromatic carbocycles. The Bertz CT molecular complexity index is 1110. The van der Waals surface area contributed by atoms with E-state index in [-0.39, 0.29) is 24.7 Å². The normalized spacial score (nSPS) is 12.0. The standard InChI is InChI=1S/C25H37N7O3S/c1-19(2)32(20(3)4)15-5-6-16-36(34,35)30-22-9-7-21(8-10-22)25(33)31(17-23-26-11-12-27-23)18-24-28-13-14-29-24/h7-14,19-20,30H,5-6,15-18H2,1-4H3,(H,26,27)(H,28,29). The molecule has 3 N–H and O–H groups in total. The van der Waals surface area contributed by atoms with E-state index in [1.807, 2.05) is 0 Å². The van der Waals surface area contributed by atoms with Crippen molar-refractivity contribution in [2.24, 2.45) is 0 Å². The third-order valence-electron chi connectivity index (χ3n) is 5.89. The fraction of sp³-hybridized carbons (Fsp3) is 0.480. The number of rotatable bonds is 14. The quantitative estimate of drug-likeness (QED) is 0.282. The van der Waals surface area contributed by atoms with Crippen LogP contribution in [0.15, 0.2) is 49.1 Å². The predicted molar refractivity (Wildman–Crippen MR) is 141 cm³/mol. The number of amides is 1.